The molecule has 34 heavy (non-hydrogen) atoms. The van der Waals surface area contributed by atoms with Crippen molar-refractivity contribution < 1.29 is 27.9 Å². The zero-order chi connectivity index (χ0) is 23.9. The number of hydrogen-bond donors (Lipinski definition) is 0. The van der Waals surface area contributed by atoms with Crippen LogP contribution in [0.3, 0.4) is 0 Å². The maximum absolute atomic E-state index is 13.5. The smallest absolute Gasteiger partial charge is 0.290 e. The quantitative estimate of drug-likeness (QED) is 0.403. The van der Waals surface area contributed by atoms with Gasteiger partial charge >= 0.3 is 0 Å². The first-order chi connectivity index (χ1) is 16.6. The van der Waals surface area contributed by atoms with Gasteiger partial charge in [0.25, 0.3) is 5.91 Å². The summed E-state index contributed by atoms with van der Waals surface area (Å²) in [6, 6.07) is 10.8. The standard InChI is InChI=1S/C25H27FN2O5S/c1-31-13-3-11-27(25(30)22-4-2-14-32-22)16-24(29)28-12-9-23-20(10-15-34-23)21(28)17-33-19-7-5-18(26)6-8-19/h2,4-8,10,14-15,21H,3,9,11-13,16-17H2,1H3. The Hall–Kier alpha value is -3.17. The molecule has 0 N–H and O–H groups in total. The summed E-state index contributed by atoms with van der Waals surface area (Å²) < 4.78 is 29.6. The number of halogens is 1. The summed E-state index contributed by atoms with van der Waals surface area (Å²) in [6.45, 7) is 1.54. The summed E-state index contributed by atoms with van der Waals surface area (Å²) in [5, 5.41) is 2.01. The van der Waals surface area contributed by atoms with Gasteiger partial charge in [0.05, 0.1) is 12.3 Å². The highest BCUT2D eigenvalue weighted by Crippen LogP contribution is 2.34. The predicted octanol–water partition coefficient (Wildman–Crippen LogP) is 4.16. The van der Waals surface area contributed by atoms with Crippen LogP contribution in [0.2, 0.25) is 0 Å². The number of thiophene rings is 1. The number of benzene rings is 1. The van der Waals surface area contributed by atoms with Crippen LogP contribution in [0.25, 0.3) is 0 Å². The van der Waals surface area contributed by atoms with Crippen LogP contribution in [0.4, 0.5) is 4.39 Å². The number of methoxy groups -OCH3 is 1. The number of amides is 2. The van der Waals surface area contributed by atoms with Gasteiger partial charge in [-0.25, -0.2) is 4.39 Å². The van der Waals surface area contributed by atoms with E-state index in [1.54, 1.807) is 47.6 Å². The number of hydrogen-bond acceptors (Lipinski definition) is 6. The zero-order valence-corrected chi connectivity index (χ0v) is 19.8. The summed E-state index contributed by atoms with van der Waals surface area (Å²) in [5.41, 5.74) is 1.05. The summed E-state index contributed by atoms with van der Waals surface area (Å²) in [7, 11) is 1.60. The minimum Gasteiger partial charge on any atom is -0.491 e. The molecule has 0 aliphatic carbocycles. The molecular formula is C25H27FN2O5S. The van der Waals surface area contributed by atoms with Gasteiger partial charge in [0, 0.05) is 31.7 Å². The lowest BCUT2D eigenvalue weighted by molar-refractivity contribution is -0.135. The zero-order valence-electron chi connectivity index (χ0n) is 18.9. The van der Waals surface area contributed by atoms with Crippen LogP contribution >= 0.6 is 11.3 Å². The van der Waals surface area contributed by atoms with E-state index >= 15 is 0 Å². The Balaban J connectivity index is 1.50. The Morgan fingerprint density at radius 2 is 2.06 bits per heavy atom. The van der Waals surface area contributed by atoms with Crippen molar-refractivity contribution in [3.63, 3.8) is 0 Å². The summed E-state index contributed by atoms with van der Waals surface area (Å²) >= 11 is 1.66. The Labute approximate surface area is 201 Å². The Morgan fingerprint density at radius 1 is 1.24 bits per heavy atom. The fraction of sp³-hybridized carbons (Fsp3) is 0.360. The van der Waals surface area contributed by atoms with E-state index < -0.39 is 0 Å². The second-order valence-electron chi connectivity index (χ2n) is 7.97. The van der Waals surface area contributed by atoms with E-state index in [1.165, 1.54) is 28.2 Å². The molecule has 2 amide bonds. The van der Waals surface area contributed by atoms with Crippen molar-refractivity contribution in [1.29, 1.82) is 0 Å². The van der Waals surface area contributed by atoms with Gasteiger partial charge in [0.15, 0.2) is 5.76 Å². The summed E-state index contributed by atoms with van der Waals surface area (Å²) in [4.78, 5) is 30.9. The molecule has 0 spiro atoms. The van der Waals surface area contributed by atoms with Crippen molar-refractivity contribution in [2.24, 2.45) is 0 Å². The Morgan fingerprint density at radius 3 is 2.79 bits per heavy atom. The van der Waals surface area contributed by atoms with E-state index in [4.69, 9.17) is 13.9 Å². The van der Waals surface area contributed by atoms with Gasteiger partial charge < -0.3 is 23.7 Å². The number of nitrogens with zero attached hydrogens (tertiary/aromatic N) is 2. The highest BCUT2D eigenvalue weighted by molar-refractivity contribution is 7.10. The monoisotopic (exact) mass is 486 g/mol. The molecule has 0 bridgehead atoms. The third-order valence-electron chi connectivity index (χ3n) is 5.76. The number of carbonyl (C=O) groups excluding carboxylic acids is 2. The first-order valence-electron chi connectivity index (χ1n) is 11.1. The van der Waals surface area contributed by atoms with Crippen LogP contribution in [0.15, 0.2) is 58.5 Å². The normalized spacial score (nSPS) is 15.1. The molecule has 7 nitrogen and oxygen atoms in total. The van der Waals surface area contributed by atoms with Crippen molar-refractivity contribution in [1.82, 2.24) is 9.80 Å². The van der Waals surface area contributed by atoms with Crippen molar-refractivity contribution in [3.05, 3.63) is 76.1 Å². The van der Waals surface area contributed by atoms with E-state index in [1.807, 2.05) is 11.4 Å². The van der Waals surface area contributed by atoms with Crippen molar-refractivity contribution in [3.8, 4) is 5.75 Å². The number of fused-ring (bicyclic) bond motifs is 1. The molecular weight excluding hydrogens is 459 g/mol. The van der Waals surface area contributed by atoms with Crippen LogP contribution in [0.5, 0.6) is 5.75 Å². The van der Waals surface area contributed by atoms with Gasteiger partial charge in [-0.2, -0.15) is 0 Å². The second-order valence-corrected chi connectivity index (χ2v) is 8.97. The maximum atomic E-state index is 13.5. The highest BCUT2D eigenvalue weighted by atomic mass is 32.1. The fourth-order valence-corrected chi connectivity index (χ4v) is 4.97. The minimum atomic E-state index is -0.336. The van der Waals surface area contributed by atoms with Crippen LogP contribution in [-0.2, 0) is 16.0 Å². The fourth-order valence-electron chi connectivity index (χ4n) is 4.04. The summed E-state index contributed by atoms with van der Waals surface area (Å²) in [5.74, 6) is -0.106. The van der Waals surface area contributed by atoms with Crippen LogP contribution < -0.4 is 4.74 Å². The topological polar surface area (TPSA) is 72.2 Å². The molecule has 2 aromatic heterocycles. The average Bonchev–Trinajstić information content (AvgIpc) is 3.55. The molecule has 9 heteroatoms. The lowest BCUT2D eigenvalue weighted by Crippen LogP contribution is -2.48. The third-order valence-corrected chi connectivity index (χ3v) is 6.76. The van der Waals surface area contributed by atoms with Gasteiger partial charge in [-0.05, 0) is 66.2 Å². The molecule has 3 aromatic rings. The van der Waals surface area contributed by atoms with Crippen molar-refractivity contribution >= 4 is 23.2 Å². The largest absolute Gasteiger partial charge is 0.491 e. The molecule has 0 fully saturated rings. The predicted molar refractivity (Wildman–Crippen MR) is 125 cm³/mol. The molecule has 0 saturated heterocycles. The van der Waals surface area contributed by atoms with Crippen molar-refractivity contribution in [2.75, 3.05) is 40.0 Å². The van der Waals surface area contributed by atoms with Crippen LogP contribution in [-0.4, -0.2) is 61.6 Å². The number of carbonyl (C=O) groups is 2. The minimum absolute atomic E-state index is 0.0736. The molecule has 1 unspecified atom stereocenters. The third kappa shape index (κ3) is 5.66. The SMILES string of the molecule is COCCCN(CC(=O)N1CCc2sccc2C1COc1ccc(F)cc1)C(=O)c1ccco1. The molecule has 0 radical (unpaired) electrons. The lowest BCUT2D eigenvalue weighted by atomic mass is 10.0. The Kier molecular flexibility index (Phi) is 7.97. The maximum Gasteiger partial charge on any atom is 0.290 e. The molecule has 1 aliphatic rings. The first kappa shape index (κ1) is 24.0. The molecule has 0 saturated carbocycles. The number of ether oxygens (including phenoxy) is 2. The van der Waals surface area contributed by atoms with E-state index in [0.29, 0.717) is 31.9 Å². The van der Waals surface area contributed by atoms with E-state index in [2.05, 4.69) is 0 Å². The van der Waals surface area contributed by atoms with E-state index in [0.717, 1.165) is 12.0 Å². The molecule has 1 aromatic carbocycles. The number of rotatable bonds is 10. The molecule has 3 heterocycles. The second kappa shape index (κ2) is 11.3. The molecule has 4 rings (SSSR count). The van der Waals surface area contributed by atoms with E-state index in [-0.39, 0.29) is 42.6 Å². The lowest BCUT2D eigenvalue weighted by Gasteiger charge is -2.37. The van der Waals surface area contributed by atoms with Gasteiger partial charge in [-0.1, -0.05) is 0 Å². The average molecular weight is 487 g/mol. The molecule has 180 valence electrons. The molecule has 1 atom stereocenters. The van der Waals surface area contributed by atoms with Gasteiger partial charge in [0.1, 0.15) is 24.7 Å². The van der Waals surface area contributed by atoms with Gasteiger partial charge in [-0.3, -0.25) is 9.59 Å². The van der Waals surface area contributed by atoms with Crippen molar-refractivity contribution in [2.45, 2.75) is 18.9 Å². The Bertz CT molecular complexity index is 1080. The molecule has 1 aliphatic heterocycles. The van der Waals surface area contributed by atoms with E-state index in [9.17, 15) is 14.0 Å². The van der Waals surface area contributed by atoms with Crippen LogP contribution in [0.1, 0.15) is 33.5 Å². The van der Waals surface area contributed by atoms with Gasteiger partial charge in [-0.15, -0.1) is 11.3 Å². The highest BCUT2D eigenvalue weighted by Gasteiger charge is 2.34. The summed E-state index contributed by atoms with van der Waals surface area (Å²) in [6.07, 6.45) is 2.79. The number of furan rings is 1. The van der Waals surface area contributed by atoms with Crippen LogP contribution in [0, 0.1) is 5.82 Å². The first-order valence-corrected chi connectivity index (χ1v) is 12.0. The van der Waals surface area contributed by atoms with Gasteiger partial charge in [0.2, 0.25) is 5.91 Å².